The molecular formula is C28H30N3O7P. The van der Waals surface area contributed by atoms with Crippen molar-refractivity contribution in [2.24, 2.45) is 10.7 Å². The molecule has 39 heavy (non-hydrogen) atoms. The molecule has 1 saturated carbocycles. The van der Waals surface area contributed by atoms with Crippen LogP contribution in [0.15, 0.2) is 93.6 Å². The van der Waals surface area contributed by atoms with Crippen LogP contribution in [0.25, 0.3) is 0 Å². The summed E-state index contributed by atoms with van der Waals surface area (Å²) in [5.74, 6) is 1.59. The molecule has 2 heterocycles. The van der Waals surface area contributed by atoms with Crippen molar-refractivity contribution in [2.45, 2.75) is 44.7 Å². The zero-order valence-corrected chi connectivity index (χ0v) is 22.2. The summed E-state index contributed by atoms with van der Waals surface area (Å²) < 4.78 is 36.3. The Morgan fingerprint density at radius 2 is 1.67 bits per heavy atom. The third kappa shape index (κ3) is 6.96. The summed E-state index contributed by atoms with van der Waals surface area (Å²) in [6, 6.07) is 20.3. The predicted octanol–water partition coefficient (Wildman–Crippen LogP) is 6.54. The molecule has 0 amide bonds. The van der Waals surface area contributed by atoms with Crippen LogP contribution in [0.3, 0.4) is 0 Å². The molecule has 10 nitrogen and oxygen atoms in total. The molecule has 2 aromatic carbocycles. The van der Waals surface area contributed by atoms with E-state index in [4.69, 9.17) is 13.5 Å². The van der Waals surface area contributed by atoms with Crippen molar-refractivity contribution < 1.29 is 28.1 Å². The van der Waals surface area contributed by atoms with Crippen LogP contribution in [0, 0.1) is 16.0 Å². The Labute approximate surface area is 226 Å². The van der Waals surface area contributed by atoms with Crippen LogP contribution in [0.1, 0.15) is 37.9 Å². The normalized spacial score (nSPS) is 18.6. The number of rotatable bonds is 12. The second kappa shape index (κ2) is 11.9. The van der Waals surface area contributed by atoms with Crippen molar-refractivity contribution in [1.82, 2.24) is 4.90 Å². The van der Waals surface area contributed by atoms with Crippen LogP contribution in [0.2, 0.25) is 0 Å². The van der Waals surface area contributed by atoms with E-state index in [0.29, 0.717) is 48.3 Å². The molecule has 2 aliphatic rings. The van der Waals surface area contributed by atoms with E-state index >= 15 is 0 Å². The van der Waals surface area contributed by atoms with Gasteiger partial charge in [0, 0.05) is 13.0 Å². The molecule has 1 fully saturated rings. The maximum Gasteiger partial charge on any atom is 0.564 e. The summed E-state index contributed by atoms with van der Waals surface area (Å²) in [5.41, 5.74) is 1.08. The van der Waals surface area contributed by atoms with E-state index in [0.717, 1.165) is 18.4 Å². The molecule has 5 rings (SSSR count). The molecule has 3 aromatic rings. The minimum Gasteiger partial charge on any atom is -0.404 e. The Morgan fingerprint density at radius 3 is 2.21 bits per heavy atom. The summed E-state index contributed by atoms with van der Waals surface area (Å²) >= 11 is 0. The number of amidine groups is 1. The van der Waals surface area contributed by atoms with Crippen LogP contribution in [-0.2, 0) is 11.1 Å². The van der Waals surface area contributed by atoms with Gasteiger partial charge in [-0.15, -0.1) is 4.76 Å². The molecule has 204 valence electrons. The first kappa shape index (κ1) is 26.7. The van der Waals surface area contributed by atoms with Crippen molar-refractivity contribution in [3.05, 3.63) is 100 Å². The summed E-state index contributed by atoms with van der Waals surface area (Å²) in [5, 5.41) is 20.6. The van der Waals surface area contributed by atoms with E-state index in [-0.39, 0.29) is 25.1 Å². The number of aliphatic hydroxyl groups excluding tert-OH is 1. The van der Waals surface area contributed by atoms with E-state index < -0.39 is 12.7 Å². The molecule has 1 N–H and O–H groups in total. The summed E-state index contributed by atoms with van der Waals surface area (Å²) in [4.78, 5) is 12.6. The van der Waals surface area contributed by atoms with Crippen molar-refractivity contribution in [3.8, 4) is 11.5 Å². The SMILES string of the molecule is O=[N+]([O-])c1ccc(CN2/C(=N\P(=O)(Oc3ccccc3)Oc3ccccc3)CC(CCCO)=CC2C2CC2)o1. The molecule has 1 aliphatic carbocycles. The van der Waals surface area contributed by atoms with Gasteiger partial charge in [-0.05, 0) is 61.9 Å². The van der Waals surface area contributed by atoms with Crippen molar-refractivity contribution >= 4 is 19.5 Å². The average Bonchev–Trinajstić information content (AvgIpc) is 3.66. The fourth-order valence-electron chi connectivity index (χ4n) is 4.61. The first-order valence-electron chi connectivity index (χ1n) is 12.9. The monoisotopic (exact) mass is 551 g/mol. The molecule has 0 spiro atoms. The standard InChI is InChI=1S/C28H30N3O7P/c32-17-7-8-21-18-26(22-13-14-22)30(20-25-15-16-28(36-25)31(33)34)27(19-21)29-39(35,37-23-9-3-1-4-10-23)38-24-11-5-2-6-12-24/h1-6,9-12,15-16,18,22,26,32H,7-8,13-14,17,19-20H2/b29-27-. The zero-order valence-electron chi connectivity index (χ0n) is 21.3. The summed E-state index contributed by atoms with van der Waals surface area (Å²) in [7, 11) is -4.14. The minimum absolute atomic E-state index is 0.0599. The van der Waals surface area contributed by atoms with Crippen LogP contribution in [0.5, 0.6) is 11.5 Å². The number of hydrogen-bond donors (Lipinski definition) is 1. The Bertz CT molecular complexity index is 1340. The van der Waals surface area contributed by atoms with E-state index in [2.05, 4.69) is 10.8 Å². The van der Waals surface area contributed by atoms with Gasteiger partial charge in [0.25, 0.3) is 0 Å². The van der Waals surface area contributed by atoms with Gasteiger partial charge in [0.1, 0.15) is 28.0 Å². The predicted molar refractivity (Wildman–Crippen MR) is 146 cm³/mol. The molecule has 0 bridgehead atoms. The number of para-hydroxylation sites is 2. The lowest BCUT2D eigenvalue weighted by Gasteiger charge is -2.37. The largest absolute Gasteiger partial charge is 0.564 e. The summed E-state index contributed by atoms with van der Waals surface area (Å²) in [6.45, 7) is 0.263. The lowest BCUT2D eigenvalue weighted by Crippen LogP contribution is -2.43. The van der Waals surface area contributed by atoms with E-state index in [1.807, 2.05) is 17.0 Å². The highest BCUT2D eigenvalue weighted by molar-refractivity contribution is 7.53. The van der Waals surface area contributed by atoms with Crippen molar-refractivity contribution in [2.75, 3.05) is 6.61 Å². The maximum absolute atomic E-state index is 14.3. The average molecular weight is 552 g/mol. The molecule has 0 radical (unpaired) electrons. The quantitative estimate of drug-likeness (QED) is 0.116. The Balaban J connectivity index is 1.55. The molecule has 1 aliphatic heterocycles. The molecular weight excluding hydrogens is 521 g/mol. The first-order chi connectivity index (χ1) is 18.9. The highest BCUT2D eigenvalue weighted by Gasteiger charge is 2.40. The molecule has 1 unspecified atom stereocenters. The van der Waals surface area contributed by atoms with Gasteiger partial charge in [-0.1, -0.05) is 48.0 Å². The van der Waals surface area contributed by atoms with Gasteiger partial charge in [0.15, 0.2) is 0 Å². The number of nitrogens with zero attached hydrogens (tertiary/aromatic N) is 3. The van der Waals surface area contributed by atoms with Crippen LogP contribution in [-0.4, -0.2) is 33.4 Å². The number of nitro groups is 1. The first-order valence-corrected chi connectivity index (χ1v) is 14.4. The van der Waals surface area contributed by atoms with Crippen molar-refractivity contribution in [3.63, 3.8) is 0 Å². The van der Waals surface area contributed by atoms with Gasteiger partial charge in [0.2, 0.25) is 0 Å². The number of aliphatic hydroxyl groups is 1. The van der Waals surface area contributed by atoms with Crippen LogP contribution < -0.4 is 9.05 Å². The Morgan fingerprint density at radius 1 is 1.03 bits per heavy atom. The zero-order chi connectivity index (χ0) is 27.2. The number of hydrogen-bond acceptors (Lipinski definition) is 7. The van der Waals surface area contributed by atoms with E-state index in [1.54, 1.807) is 54.6 Å². The van der Waals surface area contributed by atoms with Gasteiger partial charge in [-0.25, -0.2) is 4.57 Å². The van der Waals surface area contributed by atoms with Gasteiger partial charge in [-0.2, -0.15) is 0 Å². The van der Waals surface area contributed by atoms with Gasteiger partial charge >= 0.3 is 13.6 Å². The van der Waals surface area contributed by atoms with E-state index in [1.165, 1.54) is 6.07 Å². The smallest absolute Gasteiger partial charge is 0.404 e. The minimum atomic E-state index is -4.14. The lowest BCUT2D eigenvalue weighted by atomic mass is 9.95. The van der Waals surface area contributed by atoms with E-state index in [9.17, 15) is 19.8 Å². The highest BCUT2D eigenvalue weighted by atomic mass is 31.2. The third-order valence-electron chi connectivity index (χ3n) is 6.56. The fraction of sp³-hybridized carbons (Fsp3) is 0.321. The Kier molecular flexibility index (Phi) is 8.14. The van der Waals surface area contributed by atoms with Gasteiger partial charge in [-0.3, -0.25) is 10.1 Å². The van der Waals surface area contributed by atoms with Gasteiger partial charge in [0.05, 0.1) is 18.7 Å². The number of benzene rings is 2. The third-order valence-corrected chi connectivity index (χ3v) is 7.92. The van der Waals surface area contributed by atoms with Crippen LogP contribution >= 0.6 is 7.75 Å². The summed E-state index contributed by atoms with van der Waals surface area (Å²) in [6.07, 6.45) is 5.86. The van der Waals surface area contributed by atoms with Gasteiger partial charge < -0.3 is 23.5 Å². The molecule has 11 heteroatoms. The lowest BCUT2D eigenvalue weighted by molar-refractivity contribution is -0.402. The fourth-order valence-corrected chi connectivity index (χ4v) is 5.97. The molecule has 1 atom stereocenters. The second-order valence-electron chi connectivity index (χ2n) is 9.58. The second-order valence-corrected chi connectivity index (χ2v) is 11.1. The highest BCUT2D eigenvalue weighted by Crippen LogP contribution is 2.51. The Hall–Kier alpha value is -3.88. The van der Waals surface area contributed by atoms with Crippen LogP contribution in [0.4, 0.5) is 5.88 Å². The molecule has 0 saturated heterocycles. The number of furan rings is 1. The molecule has 1 aromatic heterocycles. The van der Waals surface area contributed by atoms with Crippen molar-refractivity contribution in [1.29, 1.82) is 0 Å². The topological polar surface area (TPSA) is 128 Å². The maximum atomic E-state index is 14.3.